The van der Waals surface area contributed by atoms with Crippen molar-refractivity contribution in [1.82, 2.24) is 9.78 Å². The summed E-state index contributed by atoms with van der Waals surface area (Å²) in [7, 11) is 1.94. The lowest BCUT2D eigenvalue weighted by molar-refractivity contribution is 0.384. The molecule has 0 amide bonds. The molecule has 0 bridgehead atoms. The molecule has 0 spiro atoms. The number of hydrogen-bond donors (Lipinski definition) is 1. The number of hydrogen-bond acceptors (Lipinski definition) is 4. The highest BCUT2D eigenvalue weighted by molar-refractivity contribution is 9.10. The largest absolute Gasteiger partial charge is 0.372 e. The highest BCUT2D eigenvalue weighted by Crippen LogP contribution is 2.24. The molecule has 0 aliphatic rings. The van der Waals surface area contributed by atoms with Crippen LogP contribution in [-0.4, -0.2) is 29.9 Å². The molecule has 6 heteroatoms. The molecular weight excluding hydrogens is 296 g/mol. The van der Waals surface area contributed by atoms with Gasteiger partial charge in [0, 0.05) is 20.1 Å². The number of nitrogens with two attached hydrogens (primary N) is 1. The van der Waals surface area contributed by atoms with E-state index in [1.54, 1.807) is 6.20 Å². The van der Waals surface area contributed by atoms with Crippen LogP contribution in [0.15, 0.2) is 15.5 Å². The van der Waals surface area contributed by atoms with Crippen molar-refractivity contribution < 1.29 is 0 Å². The summed E-state index contributed by atoms with van der Waals surface area (Å²) in [5, 5.41) is 4.14. The van der Waals surface area contributed by atoms with Crippen LogP contribution in [0, 0.1) is 5.41 Å². The van der Waals surface area contributed by atoms with Crippen molar-refractivity contribution >= 4 is 21.6 Å². The third-order valence-corrected chi connectivity index (χ3v) is 3.64. The second-order valence-electron chi connectivity index (χ2n) is 5.19. The molecule has 1 rings (SSSR count). The Hall–Kier alpha value is -0.880. The minimum Gasteiger partial charge on any atom is -0.372 e. The van der Waals surface area contributed by atoms with E-state index in [4.69, 9.17) is 5.73 Å². The summed E-state index contributed by atoms with van der Waals surface area (Å²) in [6.07, 6.45) is 1.71. The van der Waals surface area contributed by atoms with E-state index in [1.165, 1.54) is 4.68 Å². The van der Waals surface area contributed by atoms with Crippen molar-refractivity contribution in [3.63, 3.8) is 0 Å². The number of anilines is 1. The molecule has 2 N–H and O–H groups in total. The maximum atomic E-state index is 12.0. The third kappa shape index (κ3) is 3.32. The fourth-order valence-corrected chi connectivity index (χ4v) is 2.35. The molecule has 1 heterocycles. The predicted molar refractivity (Wildman–Crippen MR) is 78.0 cm³/mol. The van der Waals surface area contributed by atoms with E-state index >= 15 is 0 Å². The minimum atomic E-state index is -0.104. The third-order valence-electron chi connectivity index (χ3n) is 2.90. The first-order chi connectivity index (χ1) is 8.32. The number of aromatic nitrogens is 2. The average Bonchev–Trinajstić information content (AvgIpc) is 2.32. The monoisotopic (exact) mass is 316 g/mol. The smallest absolute Gasteiger partial charge is 0.283 e. The van der Waals surface area contributed by atoms with E-state index in [2.05, 4.69) is 34.9 Å². The maximum absolute atomic E-state index is 12.0. The van der Waals surface area contributed by atoms with Crippen LogP contribution in [0.25, 0.3) is 0 Å². The molecule has 102 valence electrons. The van der Waals surface area contributed by atoms with Crippen LogP contribution in [0.5, 0.6) is 0 Å². The summed E-state index contributed by atoms with van der Waals surface area (Å²) >= 11 is 3.36. The zero-order valence-corrected chi connectivity index (χ0v) is 13.0. The van der Waals surface area contributed by atoms with Gasteiger partial charge in [-0.15, -0.1) is 0 Å². The van der Waals surface area contributed by atoms with E-state index in [1.807, 2.05) is 18.9 Å². The predicted octanol–water partition coefficient (Wildman–Crippen LogP) is 1.45. The second kappa shape index (κ2) is 5.84. The molecule has 1 aromatic rings. The quantitative estimate of drug-likeness (QED) is 0.893. The van der Waals surface area contributed by atoms with E-state index in [9.17, 15) is 4.79 Å². The van der Waals surface area contributed by atoms with Gasteiger partial charge in [0.2, 0.25) is 0 Å². The van der Waals surface area contributed by atoms with Crippen molar-refractivity contribution in [2.75, 3.05) is 25.0 Å². The van der Waals surface area contributed by atoms with Gasteiger partial charge in [-0.05, 0) is 34.8 Å². The fraction of sp³-hybridized carbons (Fsp3) is 0.667. The Morgan fingerprint density at radius 3 is 2.67 bits per heavy atom. The van der Waals surface area contributed by atoms with Gasteiger partial charge in [0.25, 0.3) is 5.56 Å². The summed E-state index contributed by atoms with van der Waals surface area (Å²) in [6, 6.07) is 0. The number of rotatable bonds is 5. The van der Waals surface area contributed by atoms with Crippen LogP contribution in [0.3, 0.4) is 0 Å². The first kappa shape index (κ1) is 15.2. The number of aryl methyl sites for hydroxylation is 1. The van der Waals surface area contributed by atoms with Crippen molar-refractivity contribution in [2.45, 2.75) is 27.3 Å². The molecule has 18 heavy (non-hydrogen) atoms. The average molecular weight is 317 g/mol. The number of halogens is 1. The molecule has 5 nitrogen and oxygen atoms in total. The van der Waals surface area contributed by atoms with Crippen molar-refractivity contribution in [3.05, 3.63) is 21.0 Å². The van der Waals surface area contributed by atoms with Crippen LogP contribution in [-0.2, 0) is 6.54 Å². The Bertz CT molecular complexity index is 470. The Labute approximate surface area is 116 Å². The lowest BCUT2D eigenvalue weighted by Gasteiger charge is -2.30. The SMILES string of the molecule is CCn1ncc(N(C)CC(C)(C)CN)c(Br)c1=O. The fourth-order valence-electron chi connectivity index (χ4n) is 1.74. The summed E-state index contributed by atoms with van der Waals surface area (Å²) in [5.74, 6) is 0. The van der Waals surface area contributed by atoms with Gasteiger partial charge < -0.3 is 10.6 Å². The zero-order chi connectivity index (χ0) is 13.9. The molecular formula is C12H21BrN4O. The van der Waals surface area contributed by atoms with Crippen LogP contribution in [0.2, 0.25) is 0 Å². The van der Waals surface area contributed by atoms with E-state index in [0.717, 1.165) is 12.2 Å². The Morgan fingerprint density at radius 2 is 2.17 bits per heavy atom. The molecule has 0 fully saturated rings. The van der Waals surface area contributed by atoms with Gasteiger partial charge in [0.15, 0.2) is 0 Å². The van der Waals surface area contributed by atoms with Crippen molar-refractivity contribution in [1.29, 1.82) is 0 Å². The van der Waals surface area contributed by atoms with E-state index < -0.39 is 0 Å². The molecule has 1 aromatic heterocycles. The first-order valence-electron chi connectivity index (χ1n) is 5.99. The highest BCUT2D eigenvalue weighted by Gasteiger charge is 2.20. The van der Waals surface area contributed by atoms with Crippen LogP contribution >= 0.6 is 15.9 Å². The van der Waals surface area contributed by atoms with Crippen molar-refractivity contribution in [2.24, 2.45) is 11.1 Å². The second-order valence-corrected chi connectivity index (χ2v) is 5.98. The first-order valence-corrected chi connectivity index (χ1v) is 6.78. The Balaban J connectivity index is 3.04. The molecule has 0 aromatic carbocycles. The molecule has 0 aliphatic heterocycles. The highest BCUT2D eigenvalue weighted by atomic mass is 79.9. The van der Waals surface area contributed by atoms with Gasteiger partial charge in [0.05, 0.1) is 11.9 Å². The molecule has 0 saturated carbocycles. The van der Waals surface area contributed by atoms with Crippen LogP contribution in [0.4, 0.5) is 5.69 Å². The van der Waals surface area contributed by atoms with Gasteiger partial charge in [-0.2, -0.15) is 5.10 Å². The lowest BCUT2D eigenvalue weighted by Crippen LogP contribution is -2.38. The maximum Gasteiger partial charge on any atom is 0.283 e. The van der Waals surface area contributed by atoms with Crippen molar-refractivity contribution in [3.8, 4) is 0 Å². The molecule has 0 aliphatic carbocycles. The van der Waals surface area contributed by atoms with Gasteiger partial charge in [-0.25, -0.2) is 4.68 Å². The molecule has 0 saturated heterocycles. The summed E-state index contributed by atoms with van der Waals surface area (Å²) in [6.45, 7) is 8.00. The van der Waals surface area contributed by atoms with Crippen LogP contribution in [0.1, 0.15) is 20.8 Å². The normalized spacial score (nSPS) is 11.7. The van der Waals surface area contributed by atoms with Gasteiger partial charge in [-0.3, -0.25) is 4.79 Å². The van der Waals surface area contributed by atoms with Gasteiger partial charge in [-0.1, -0.05) is 13.8 Å². The Kier molecular flexibility index (Phi) is 4.92. The summed E-state index contributed by atoms with van der Waals surface area (Å²) in [5.41, 5.74) is 6.41. The minimum absolute atomic E-state index is 0.00614. The van der Waals surface area contributed by atoms with E-state index in [-0.39, 0.29) is 11.0 Å². The Morgan fingerprint density at radius 1 is 1.56 bits per heavy atom. The molecule has 0 radical (unpaired) electrons. The summed E-state index contributed by atoms with van der Waals surface area (Å²) in [4.78, 5) is 14.0. The molecule has 0 unspecified atom stereocenters. The molecule has 0 atom stereocenters. The van der Waals surface area contributed by atoms with Crippen LogP contribution < -0.4 is 16.2 Å². The van der Waals surface area contributed by atoms with Gasteiger partial charge >= 0.3 is 0 Å². The zero-order valence-electron chi connectivity index (χ0n) is 11.4. The topological polar surface area (TPSA) is 64.2 Å². The van der Waals surface area contributed by atoms with Gasteiger partial charge in [0.1, 0.15) is 4.47 Å². The standard InChI is InChI=1S/C12H21BrN4O/c1-5-17-11(18)10(13)9(6-15-17)16(4)8-12(2,3)7-14/h6H,5,7-8,14H2,1-4H3. The van der Waals surface area contributed by atoms with E-state index in [0.29, 0.717) is 17.6 Å². The lowest BCUT2D eigenvalue weighted by atomic mass is 9.93. The summed E-state index contributed by atoms with van der Waals surface area (Å²) < 4.78 is 1.98. The number of nitrogens with zero attached hydrogens (tertiary/aromatic N) is 3.